The van der Waals surface area contributed by atoms with Crippen LogP contribution in [0.5, 0.6) is 5.75 Å². The molecule has 2 aromatic heterocycles. The Kier molecular flexibility index (Phi) is 4.61. The molecule has 1 saturated carbocycles. The second kappa shape index (κ2) is 7.66. The van der Waals surface area contributed by atoms with E-state index in [-0.39, 0.29) is 11.3 Å². The molecule has 4 aromatic rings. The Morgan fingerprint density at radius 3 is 2.70 bits per heavy atom. The zero-order chi connectivity index (χ0) is 22.5. The summed E-state index contributed by atoms with van der Waals surface area (Å²) in [5.41, 5.74) is 6.38. The van der Waals surface area contributed by atoms with Gasteiger partial charge in [0.25, 0.3) is 0 Å². The number of aromatic hydroxyl groups is 1. The second-order valence-electron chi connectivity index (χ2n) is 9.00. The van der Waals surface area contributed by atoms with Crippen LogP contribution in [0.4, 0.5) is 0 Å². The van der Waals surface area contributed by atoms with Gasteiger partial charge in [0, 0.05) is 22.0 Å². The lowest BCUT2D eigenvalue weighted by Gasteiger charge is -2.24. The van der Waals surface area contributed by atoms with Gasteiger partial charge in [-0.15, -0.1) is 0 Å². The fourth-order valence-electron chi connectivity index (χ4n) is 5.57. The molecule has 2 aliphatic rings. The highest BCUT2D eigenvalue weighted by atomic mass is 16.4. The number of rotatable bonds is 3. The van der Waals surface area contributed by atoms with Gasteiger partial charge in [-0.2, -0.15) is 0 Å². The molecule has 0 saturated heterocycles. The minimum absolute atomic E-state index is 0.202. The zero-order valence-electron chi connectivity index (χ0n) is 18.1. The standard InChI is InChI=1S/C27H24N2O4/c30-20-7-9-21-18(13-20)12-19(26-28-10-11-33-26)15-29-23-14-17(27(31)32)6-8-22(23)24(25(21)29)16-4-2-1-3-5-16/h6-14,16,30H,1-5,15H2,(H,31,32). The topological polar surface area (TPSA) is 88.5 Å². The lowest BCUT2D eigenvalue weighted by Crippen LogP contribution is -2.07. The van der Waals surface area contributed by atoms with Crippen LogP contribution >= 0.6 is 0 Å². The number of benzene rings is 2. The van der Waals surface area contributed by atoms with Gasteiger partial charge in [-0.05, 0) is 66.3 Å². The van der Waals surface area contributed by atoms with Gasteiger partial charge in [-0.25, -0.2) is 9.78 Å². The maximum absolute atomic E-state index is 11.8. The summed E-state index contributed by atoms with van der Waals surface area (Å²) in [5.74, 6) is 0.202. The Balaban J connectivity index is 1.70. The van der Waals surface area contributed by atoms with Gasteiger partial charge in [0.1, 0.15) is 12.0 Å². The number of aromatic nitrogens is 2. The molecule has 1 fully saturated rings. The number of carboxylic acid groups (broad SMARTS) is 1. The van der Waals surface area contributed by atoms with Crippen LogP contribution in [-0.2, 0) is 6.54 Å². The van der Waals surface area contributed by atoms with Crippen molar-refractivity contribution in [3.63, 3.8) is 0 Å². The normalized spacial score (nSPS) is 16.2. The quantitative estimate of drug-likeness (QED) is 0.390. The third-order valence-corrected chi connectivity index (χ3v) is 7.02. The summed E-state index contributed by atoms with van der Waals surface area (Å²) in [6.07, 6.45) is 11.1. The van der Waals surface area contributed by atoms with E-state index in [9.17, 15) is 15.0 Å². The first kappa shape index (κ1) is 19.9. The summed E-state index contributed by atoms with van der Waals surface area (Å²) >= 11 is 0. The average molecular weight is 440 g/mol. The molecule has 0 bridgehead atoms. The van der Waals surface area contributed by atoms with E-state index in [1.807, 2.05) is 18.2 Å². The predicted octanol–water partition coefficient (Wildman–Crippen LogP) is 6.30. The van der Waals surface area contributed by atoms with Gasteiger partial charge in [0.15, 0.2) is 0 Å². The zero-order valence-corrected chi connectivity index (χ0v) is 18.1. The van der Waals surface area contributed by atoms with Gasteiger partial charge in [0.05, 0.1) is 24.0 Å². The number of carboxylic acids is 1. The minimum atomic E-state index is -0.936. The Labute approximate surface area is 190 Å². The molecule has 6 rings (SSSR count). The van der Waals surface area contributed by atoms with E-state index >= 15 is 0 Å². The van der Waals surface area contributed by atoms with Crippen molar-refractivity contribution in [2.75, 3.05) is 0 Å². The van der Waals surface area contributed by atoms with E-state index in [1.54, 1.807) is 36.7 Å². The average Bonchev–Trinajstić information content (AvgIpc) is 3.42. The van der Waals surface area contributed by atoms with Crippen LogP contribution in [0.1, 0.15) is 65.4 Å². The van der Waals surface area contributed by atoms with Gasteiger partial charge in [0.2, 0.25) is 5.89 Å². The van der Waals surface area contributed by atoms with E-state index in [4.69, 9.17) is 4.42 Å². The van der Waals surface area contributed by atoms with E-state index < -0.39 is 5.97 Å². The van der Waals surface area contributed by atoms with Gasteiger partial charge >= 0.3 is 5.97 Å². The monoisotopic (exact) mass is 440 g/mol. The van der Waals surface area contributed by atoms with Crippen molar-refractivity contribution in [1.82, 2.24) is 9.55 Å². The van der Waals surface area contributed by atoms with Crippen LogP contribution in [-0.4, -0.2) is 25.7 Å². The lowest BCUT2D eigenvalue weighted by molar-refractivity contribution is 0.0697. The Morgan fingerprint density at radius 2 is 1.94 bits per heavy atom. The largest absolute Gasteiger partial charge is 0.508 e. The van der Waals surface area contributed by atoms with Crippen LogP contribution < -0.4 is 0 Å². The Bertz CT molecular complexity index is 1410. The van der Waals surface area contributed by atoms with Crippen molar-refractivity contribution in [2.45, 2.75) is 44.6 Å². The molecule has 0 unspecified atom stereocenters. The third-order valence-electron chi connectivity index (χ3n) is 7.02. The molecule has 1 aliphatic carbocycles. The van der Waals surface area contributed by atoms with Crippen molar-refractivity contribution in [3.05, 3.63) is 71.4 Å². The molecule has 33 heavy (non-hydrogen) atoms. The number of carbonyl (C=O) groups is 1. The summed E-state index contributed by atoms with van der Waals surface area (Å²) in [6.45, 7) is 0.498. The fourth-order valence-corrected chi connectivity index (χ4v) is 5.57. The van der Waals surface area contributed by atoms with Crippen LogP contribution in [0, 0.1) is 0 Å². The molecule has 0 radical (unpaired) electrons. The summed E-state index contributed by atoms with van der Waals surface area (Å²) < 4.78 is 7.85. The predicted molar refractivity (Wildman–Crippen MR) is 126 cm³/mol. The highest BCUT2D eigenvalue weighted by molar-refractivity contribution is 6.01. The highest BCUT2D eigenvalue weighted by Gasteiger charge is 2.30. The summed E-state index contributed by atoms with van der Waals surface area (Å²) in [6, 6.07) is 10.9. The van der Waals surface area contributed by atoms with Crippen LogP contribution in [0.15, 0.2) is 53.3 Å². The fraction of sp³-hybridized carbons (Fsp3) is 0.259. The molecule has 6 heteroatoms. The van der Waals surface area contributed by atoms with Gasteiger partial charge in [-0.3, -0.25) is 0 Å². The number of phenolic OH excluding ortho intramolecular Hbond substituents is 1. The van der Waals surface area contributed by atoms with E-state index in [2.05, 4.69) is 9.55 Å². The van der Waals surface area contributed by atoms with Crippen molar-refractivity contribution in [1.29, 1.82) is 0 Å². The number of fused-ring (bicyclic) bond motifs is 5. The molecule has 2 aromatic carbocycles. The molecule has 0 atom stereocenters. The summed E-state index contributed by atoms with van der Waals surface area (Å²) in [5, 5.41) is 21.0. The number of allylic oxidation sites excluding steroid dienone is 1. The first-order valence-electron chi connectivity index (χ1n) is 11.4. The number of aromatic carboxylic acids is 1. The van der Waals surface area contributed by atoms with E-state index in [0.717, 1.165) is 46.1 Å². The van der Waals surface area contributed by atoms with Gasteiger partial charge < -0.3 is 19.2 Å². The molecule has 6 nitrogen and oxygen atoms in total. The lowest BCUT2D eigenvalue weighted by atomic mass is 9.81. The first-order valence-corrected chi connectivity index (χ1v) is 11.4. The smallest absolute Gasteiger partial charge is 0.335 e. The number of phenols is 1. The minimum Gasteiger partial charge on any atom is -0.508 e. The molecular formula is C27H24N2O4. The summed E-state index contributed by atoms with van der Waals surface area (Å²) in [4.78, 5) is 16.2. The molecule has 0 spiro atoms. The number of nitrogens with zero attached hydrogens (tertiary/aromatic N) is 2. The van der Waals surface area contributed by atoms with Crippen molar-refractivity contribution < 1.29 is 19.4 Å². The second-order valence-corrected chi connectivity index (χ2v) is 9.00. The maximum atomic E-state index is 11.8. The van der Waals surface area contributed by atoms with E-state index in [1.165, 1.54) is 24.8 Å². The van der Waals surface area contributed by atoms with Crippen molar-refractivity contribution in [2.24, 2.45) is 0 Å². The molecule has 2 N–H and O–H groups in total. The van der Waals surface area contributed by atoms with Crippen LogP contribution in [0.2, 0.25) is 0 Å². The third kappa shape index (κ3) is 3.25. The molecule has 0 amide bonds. The molecule has 166 valence electrons. The molecule has 1 aliphatic heterocycles. The molecule has 3 heterocycles. The van der Waals surface area contributed by atoms with Gasteiger partial charge in [-0.1, -0.05) is 25.3 Å². The van der Waals surface area contributed by atoms with Crippen LogP contribution in [0.3, 0.4) is 0 Å². The number of hydrogen-bond acceptors (Lipinski definition) is 4. The van der Waals surface area contributed by atoms with Crippen molar-refractivity contribution >= 4 is 28.5 Å². The molecular weight excluding hydrogens is 416 g/mol. The first-order chi connectivity index (χ1) is 16.1. The highest BCUT2D eigenvalue weighted by Crippen LogP contribution is 2.47. The SMILES string of the molecule is O=C(O)c1ccc2c(C3CCCCC3)c3n(c2c1)CC(c1ncco1)=Cc1cc(O)ccc1-3. The van der Waals surface area contributed by atoms with Crippen LogP contribution in [0.25, 0.3) is 33.8 Å². The maximum Gasteiger partial charge on any atom is 0.335 e. The Morgan fingerprint density at radius 1 is 1.09 bits per heavy atom. The number of hydrogen-bond donors (Lipinski definition) is 2. The number of oxazole rings is 1. The Hall–Kier alpha value is -3.80. The van der Waals surface area contributed by atoms with Crippen molar-refractivity contribution in [3.8, 4) is 17.0 Å². The van der Waals surface area contributed by atoms with E-state index in [0.29, 0.717) is 18.4 Å². The summed E-state index contributed by atoms with van der Waals surface area (Å²) in [7, 11) is 0.